The number of fused-ring (bicyclic) bond motifs is 2. The van der Waals surface area contributed by atoms with Crippen molar-refractivity contribution in [1.82, 2.24) is 9.88 Å². The van der Waals surface area contributed by atoms with Crippen molar-refractivity contribution in [3.05, 3.63) is 44.5 Å². The van der Waals surface area contributed by atoms with E-state index in [0.717, 1.165) is 24.2 Å². The Bertz CT molecular complexity index is 708. The van der Waals surface area contributed by atoms with E-state index in [1.165, 1.54) is 6.07 Å². The van der Waals surface area contributed by atoms with Crippen molar-refractivity contribution in [2.24, 2.45) is 7.05 Å². The van der Waals surface area contributed by atoms with Crippen molar-refractivity contribution in [2.75, 3.05) is 6.54 Å². The average molecular weight is 267 g/mol. The molecule has 0 fully saturated rings. The number of nitrogens with one attached hydrogen (secondary N) is 1. The standard InChI is InChI=1S/C13H12ClFN2O/c1-17-10-4-5-16-6-8(10)13(18)7-2-3-9(14)11(15)12(7)17/h2-3,16H,4-6H2,1H3. The first kappa shape index (κ1) is 11.7. The van der Waals surface area contributed by atoms with Crippen LogP contribution in [0, 0.1) is 5.82 Å². The molecule has 18 heavy (non-hydrogen) atoms. The summed E-state index contributed by atoms with van der Waals surface area (Å²) >= 11 is 5.79. The maximum absolute atomic E-state index is 14.1. The Hall–Kier alpha value is -1.39. The molecule has 0 aliphatic carbocycles. The number of halogens is 2. The molecule has 94 valence electrons. The molecule has 1 aromatic heterocycles. The molecular formula is C13H12ClFN2O. The summed E-state index contributed by atoms with van der Waals surface area (Å²) in [7, 11) is 1.78. The van der Waals surface area contributed by atoms with Gasteiger partial charge in [-0.15, -0.1) is 0 Å². The van der Waals surface area contributed by atoms with Gasteiger partial charge in [-0.1, -0.05) is 11.6 Å². The van der Waals surface area contributed by atoms with Gasteiger partial charge in [-0.2, -0.15) is 0 Å². The third-order valence-corrected chi connectivity index (χ3v) is 3.81. The van der Waals surface area contributed by atoms with Crippen LogP contribution in [0.5, 0.6) is 0 Å². The molecule has 0 atom stereocenters. The van der Waals surface area contributed by atoms with Crippen LogP contribution in [0.3, 0.4) is 0 Å². The second-order valence-corrected chi connectivity index (χ2v) is 4.90. The summed E-state index contributed by atoms with van der Waals surface area (Å²) < 4.78 is 15.9. The van der Waals surface area contributed by atoms with E-state index < -0.39 is 5.82 Å². The van der Waals surface area contributed by atoms with E-state index in [1.807, 2.05) is 0 Å². The molecule has 2 heterocycles. The number of rotatable bonds is 0. The van der Waals surface area contributed by atoms with Crippen molar-refractivity contribution in [2.45, 2.75) is 13.0 Å². The van der Waals surface area contributed by atoms with Crippen LogP contribution in [0.4, 0.5) is 4.39 Å². The summed E-state index contributed by atoms with van der Waals surface area (Å²) in [5, 5.41) is 3.60. The van der Waals surface area contributed by atoms with Crippen molar-refractivity contribution < 1.29 is 4.39 Å². The summed E-state index contributed by atoms with van der Waals surface area (Å²) in [6.45, 7) is 1.34. The van der Waals surface area contributed by atoms with Gasteiger partial charge in [-0.25, -0.2) is 4.39 Å². The molecule has 3 rings (SSSR count). The molecule has 1 aromatic carbocycles. The van der Waals surface area contributed by atoms with Crippen LogP contribution in [0.15, 0.2) is 16.9 Å². The SMILES string of the molecule is Cn1c2c(c(=O)c3ccc(Cl)c(F)c31)CNCC2. The Balaban J connectivity index is 2.53. The third kappa shape index (κ3) is 1.49. The van der Waals surface area contributed by atoms with Crippen LogP contribution < -0.4 is 10.7 Å². The number of hydrogen-bond acceptors (Lipinski definition) is 2. The second-order valence-electron chi connectivity index (χ2n) is 4.50. The lowest BCUT2D eigenvalue weighted by atomic mass is 10.0. The summed E-state index contributed by atoms with van der Waals surface area (Å²) in [4.78, 5) is 12.3. The minimum Gasteiger partial charge on any atom is -0.345 e. The zero-order chi connectivity index (χ0) is 12.9. The molecule has 0 amide bonds. The Kier molecular flexibility index (Phi) is 2.64. The molecule has 1 aliphatic heterocycles. The first-order valence-corrected chi connectivity index (χ1v) is 6.18. The summed E-state index contributed by atoms with van der Waals surface area (Å²) in [6, 6.07) is 3.03. The molecule has 5 heteroatoms. The summed E-state index contributed by atoms with van der Waals surface area (Å²) in [6.07, 6.45) is 0.725. The van der Waals surface area contributed by atoms with Crippen LogP contribution in [0.25, 0.3) is 10.9 Å². The molecule has 0 spiro atoms. The largest absolute Gasteiger partial charge is 0.345 e. The Morgan fingerprint density at radius 3 is 3.00 bits per heavy atom. The van der Waals surface area contributed by atoms with E-state index in [4.69, 9.17) is 11.6 Å². The smallest absolute Gasteiger partial charge is 0.194 e. The highest BCUT2D eigenvalue weighted by Gasteiger charge is 2.20. The third-order valence-electron chi connectivity index (χ3n) is 3.52. The van der Waals surface area contributed by atoms with Crippen LogP contribution in [-0.2, 0) is 20.0 Å². The first-order chi connectivity index (χ1) is 8.61. The highest BCUT2D eigenvalue weighted by Crippen LogP contribution is 2.25. The van der Waals surface area contributed by atoms with Gasteiger partial charge in [-0.05, 0) is 12.1 Å². The minimum absolute atomic E-state index is 0.0476. The van der Waals surface area contributed by atoms with Gasteiger partial charge in [0, 0.05) is 43.2 Å². The van der Waals surface area contributed by atoms with Gasteiger partial charge in [0.15, 0.2) is 11.2 Å². The molecule has 2 aromatic rings. The molecular weight excluding hydrogens is 255 g/mol. The zero-order valence-corrected chi connectivity index (χ0v) is 10.6. The Labute approximate surface area is 108 Å². The number of aryl methyl sites for hydroxylation is 1. The molecule has 1 N–H and O–H groups in total. The van der Waals surface area contributed by atoms with Crippen molar-refractivity contribution in [3.63, 3.8) is 0 Å². The molecule has 1 aliphatic rings. The minimum atomic E-state index is -0.518. The number of hydrogen-bond donors (Lipinski definition) is 1. The number of pyridine rings is 1. The fraction of sp³-hybridized carbons (Fsp3) is 0.308. The fourth-order valence-corrected chi connectivity index (χ4v) is 2.76. The molecule has 0 saturated heterocycles. The topological polar surface area (TPSA) is 34.0 Å². The van der Waals surface area contributed by atoms with Gasteiger partial charge < -0.3 is 9.88 Å². The van der Waals surface area contributed by atoms with E-state index in [-0.39, 0.29) is 10.5 Å². The Morgan fingerprint density at radius 2 is 2.22 bits per heavy atom. The number of benzene rings is 1. The average Bonchev–Trinajstić information content (AvgIpc) is 2.39. The Morgan fingerprint density at radius 1 is 1.44 bits per heavy atom. The van der Waals surface area contributed by atoms with E-state index in [9.17, 15) is 9.18 Å². The monoisotopic (exact) mass is 266 g/mol. The lowest BCUT2D eigenvalue weighted by Gasteiger charge is -2.22. The lowest BCUT2D eigenvalue weighted by Crippen LogP contribution is -2.32. The predicted molar refractivity (Wildman–Crippen MR) is 69.6 cm³/mol. The van der Waals surface area contributed by atoms with Crippen molar-refractivity contribution in [1.29, 1.82) is 0 Å². The van der Waals surface area contributed by atoms with Gasteiger partial charge in [0.1, 0.15) is 0 Å². The predicted octanol–water partition coefficient (Wildman–Crippen LogP) is 1.98. The van der Waals surface area contributed by atoms with E-state index >= 15 is 0 Å². The fourth-order valence-electron chi connectivity index (χ4n) is 2.60. The molecule has 0 radical (unpaired) electrons. The van der Waals surface area contributed by atoms with E-state index in [0.29, 0.717) is 17.4 Å². The van der Waals surface area contributed by atoms with Gasteiger partial charge in [0.05, 0.1) is 10.5 Å². The molecule has 0 saturated carbocycles. The molecule has 3 nitrogen and oxygen atoms in total. The maximum atomic E-state index is 14.1. The first-order valence-electron chi connectivity index (χ1n) is 5.80. The van der Waals surface area contributed by atoms with Crippen LogP contribution in [-0.4, -0.2) is 11.1 Å². The normalized spacial score (nSPS) is 14.8. The maximum Gasteiger partial charge on any atom is 0.194 e. The van der Waals surface area contributed by atoms with Crippen LogP contribution in [0.2, 0.25) is 5.02 Å². The molecule has 0 unspecified atom stereocenters. The molecule has 0 bridgehead atoms. The van der Waals surface area contributed by atoms with Gasteiger partial charge >= 0.3 is 0 Å². The van der Waals surface area contributed by atoms with Crippen molar-refractivity contribution >= 4 is 22.5 Å². The number of aromatic nitrogens is 1. The van der Waals surface area contributed by atoms with Gasteiger partial charge in [0.2, 0.25) is 0 Å². The number of nitrogens with zero attached hydrogens (tertiary/aromatic N) is 1. The summed E-state index contributed by atoms with van der Waals surface area (Å²) in [5.41, 5.74) is 1.83. The quantitative estimate of drug-likeness (QED) is 0.791. The van der Waals surface area contributed by atoms with E-state index in [2.05, 4.69) is 5.32 Å². The zero-order valence-electron chi connectivity index (χ0n) is 9.89. The van der Waals surface area contributed by atoms with Crippen LogP contribution in [0.1, 0.15) is 11.3 Å². The highest BCUT2D eigenvalue weighted by molar-refractivity contribution is 6.31. The van der Waals surface area contributed by atoms with E-state index in [1.54, 1.807) is 17.7 Å². The lowest BCUT2D eigenvalue weighted by molar-refractivity contribution is 0.595. The van der Waals surface area contributed by atoms with Crippen LogP contribution >= 0.6 is 11.6 Å². The van der Waals surface area contributed by atoms with Gasteiger partial charge in [0.25, 0.3) is 0 Å². The summed E-state index contributed by atoms with van der Waals surface area (Å²) in [5.74, 6) is -0.518. The van der Waals surface area contributed by atoms with Gasteiger partial charge in [-0.3, -0.25) is 4.79 Å². The second kappa shape index (κ2) is 4.07. The highest BCUT2D eigenvalue weighted by atomic mass is 35.5. The van der Waals surface area contributed by atoms with Crippen molar-refractivity contribution in [3.8, 4) is 0 Å².